The summed E-state index contributed by atoms with van der Waals surface area (Å²) in [5.74, 6) is 1.27. The van der Waals surface area contributed by atoms with Crippen LogP contribution in [0.15, 0.2) is 30.3 Å². The zero-order valence-electron chi connectivity index (χ0n) is 18.2. The number of ether oxygens (including phenoxy) is 1. The fourth-order valence-corrected chi connectivity index (χ4v) is 4.72. The molecule has 3 aromatic rings. The molecule has 31 heavy (non-hydrogen) atoms. The van der Waals surface area contributed by atoms with Crippen LogP contribution in [0.4, 0.5) is 5.82 Å². The second-order valence-corrected chi connectivity index (χ2v) is 8.79. The number of H-pyrrole nitrogens is 1. The molecule has 5 heteroatoms. The van der Waals surface area contributed by atoms with Crippen LogP contribution in [0, 0.1) is 32.1 Å². The van der Waals surface area contributed by atoms with Gasteiger partial charge < -0.3 is 4.74 Å². The van der Waals surface area contributed by atoms with Gasteiger partial charge in [0.25, 0.3) is 5.82 Å². The molecule has 1 aliphatic carbocycles. The predicted octanol–water partition coefficient (Wildman–Crippen LogP) is 5.66. The third-order valence-electron chi connectivity index (χ3n) is 6.16. The van der Waals surface area contributed by atoms with Crippen molar-refractivity contribution in [2.75, 3.05) is 5.73 Å². The Morgan fingerprint density at radius 1 is 1.06 bits per heavy atom. The number of halogens is 1. The van der Waals surface area contributed by atoms with Gasteiger partial charge in [-0.05, 0) is 92.1 Å². The van der Waals surface area contributed by atoms with E-state index in [1.165, 1.54) is 5.56 Å². The van der Waals surface area contributed by atoms with Crippen LogP contribution in [0.5, 0.6) is 5.75 Å². The summed E-state index contributed by atoms with van der Waals surface area (Å²) in [7, 11) is 0. The Bertz CT molecular complexity index is 1210. The minimum atomic E-state index is 0.445. The van der Waals surface area contributed by atoms with E-state index in [1.807, 2.05) is 25.1 Å². The quantitative estimate of drug-likeness (QED) is 0.578. The van der Waals surface area contributed by atoms with Gasteiger partial charge in [0.05, 0.1) is 0 Å². The largest absolute Gasteiger partial charge is 0.489 e. The Kier molecular flexibility index (Phi) is 5.89. The number of rotatable bonds is 4. The molecule has 158 valence electrons. The number of aromatic nitrogens is 1. The van der Waals surface area contributed by atoms with Crippen molar-refractivity contribution in [1.29, 1.82) is 5.26 Å². The van der Waals surface area contributed by atoms with Gasteiger partial charge in [0, 0.05) is 22.6 Å². The van der Waals surface area contributed by atoms with Gasteiger partial charge in [0.1, 0.15) is 29.7 Å². The van der Waals surface area contributed by atoms with E-state index in [-0.39, 0.29) is 0 Å². The molecule has 0 bridgehead atoms. The standard InChI is InChI=1S/C26H26ClN3O/c1-15-10-16(2)21(12-18(15)14-31-24-9-8-19(27)11-17(24)3)25-20-6-4-5-7-23(20)30-26(29)22(25)13-28/h8-12H,4-7,14H2,1-3H3,(H2,29,30)/p+1. The van der Waals surface area contributed by atoms with Gasteiger partial charge in [-0.3, -0.25) is 5.73 Å². The maximum Gasteiger partial charge on any atom is 0.289 e. The molecule has 0 aliphatic heterocycles. The van der Waals surface area contributed by atoms with Gasteiger partial charge in [-0.1, -0.05) is 17.7 Å². The van der Waals surface area contributed by atoms with Crippen molar-refractivity contribution in [3.63, 3.8) is 0 Å². The number of nitrogens with two attached hydrogens (primary N) is 1. The van der Waals surface area contributed by atoms with Crippen LogP contribution in [0.2, 0.25) is 5.02 Å². The summed E-state index contributed by atoms with van der Waals surface area (Å²) in [6.45, 7) is 6.63. The zero-order valence-corrected chi connectivity index (χ0v) is 19.0. The van der Waals surface area contributed by atoms with Crippen LogP contribution < -0.4 is 15.5 Å². The molecule has 0 radical (unpaired) electrons. The molecule has 0 amide bonds. The lowest BCUT2D eigenvalue weighted by atomic mass is 9.84. The van der Waals surface area contributed by atoms with E-state index in [1.54, 1.807) is 0 Å². The molecule has 1 heterocycles. The highest BCUT2D eigenvalue weighted by Gasteiger charge is 2.26. The topological polar surface area (TPSA) is 73.2 Å². The number of fused-ring (bicyclic) bond motifs is 1. The first-order valence-corrected chi connectivity index (χ1v) is 11.0. The van der Waals surface area contributed by atoms with Crippen LogP contribution >= 0.6 is 11.6 Å². The number of nitrogens with zero attached hydrogens (tertiary/aromatic N) is 1. The van der Waals surface area contributed by atoms with E-state index in [0.717, 1.165) is 70.5 Å². The van der Waals surface area contributed by atoms with Crippen molar-refractivity contribution >= 4 is 17.4 Å². The van der Waals surface area contributed by atoms with E-state index >= 15 is 0 Å². The normalized spacial score (nSPS) is 12.9. The number of hydrogen-bond donors (Lipinski definition) is 1. The lowest BCUT2D eigenvalue weighted by molar-refractivity contribution is -0.374. The molecule has 0 saturated heterocycles. The van der Waals surface area contributed by atoms with Gasteiger partial charge in [0.2, 0.25) is 0 Å². The van der Waals surface area contributed by atoms with E-state index in [4.69, 9.17) is 22.1 Å². The Morgan fingerprint density at radius 2 is 1.84 bits per heavy atom. The molecule has 0 spiro atoms. The minimum absolute atomic E-state index is 0.445. The molecule has 1 aliphatic rings. The number of nitrogens with one attached hydrogen (secondary N) is 1. The van der Waals surface area contributed by atoms with Crippen molar-refractivity contribution in [3.05, 3.63) is 74.4 Å². The van der Waals surface area contributed by atoms with Crippen molar-refractivity contribution in [2.24, 2.45) is 0 Å². The van der Waals surface area contributed by atoms with Crippen LogP contribution in [0.25, 0.3) is 11.1 Å². The van der Waals surface area contributed by atoms with E-state index in [2.05, 4.69) is 37.0 Å². The Morgan fingerprint density at radius 3 is 2.58 bits per heavy atom. The van der Waals surface area contributed by atoms with Crippen molar-refractivity contribution in [1.82, 2.24) is 0 Å². The minimum Gasteiger partial charge on any atom is -0.489 e. The monoisotopic (exact) mass is 432 g/mol. The highest BCUT2D eigenvalue weighted by atomic mass is 35.5. The molecule has 0 unspecified atom stereocenters. The van der Waals surface area contributed by atoms with E-state index in [9.17, 15) is 5.26 Å². The van der Waals surface area contributed by atoms with Gasteiger partial charge >= 0.3 is 0 Å². The Labute approximate surface area is 188 Å². The second-order valence-electron chi connectivity index (χ2n) is 8.36. The third-order valence-corrected chi connectivity index (χ3v) is 6.39. The summed E-state index contributed by atoms with van der Waals surface area (Å²) in [4.78, 5) is 3.28. The fraction of sp³-hybridized carbons (Fsp3) is 0.308. The molecule has 4 nitrogen and oxygen atoms in total. The lowest BCUT2D eigenvalue weighted by Crippen LogP contribution is -2.24. The molecule has 1 aromatic heterocycles. The smallest absolute Gasteiger partial charge is 0.289 e. The number of benzene rings is 2. The van der Waals surface area contributed by atoms with Gasteiger partial charge in [-0.25, -0.2) is 4.98 Å². The molecular formula is C26H27ClN3O+. The van der Waals surface area contributed by atoms with Crippen molar-refractivity contribution in [2.45, 2.75) is 53.1 Å². The number of nitrogen functional groups attached to an aromatic ring is 1. The molecule has 3 N–H and O–H groups in total. The van der Waals surface area contributed by atoms with Crippen LogP contribution in [0.1, 0.15) is 51.9 Å². The van der Waals surface area contributed by atoms with E-state index < -0.39 is 0 Å². The highest BCUT2D eigenvalue weighted by Crippen LogP contribution is 2.37. The SMILES string of the molecule is Cc1cc(C)c(-c2c(C#N)c(N)[nH+]c3c2CCCC3)cc1COc1ccc(Cl)cc1C. The molecule has 2 aromatic carbocycles. The molecule has 0 fully saturated rings. The fourth-order valence-electron chi connectivity index (χ4n) is 4.50. The maximum atomic E-state index is 9.90. The average Bonchev–Trinajstić information content (AvgIpc) is 2.73. The predicted molar refractivity (Wildman–Crippen MR) is 124 cm³/mol. The van der Waals surface area contributed by atoms with Crippen LogP contribution in [-0.4, -0.2) is 0 Å². The summed E-state index contributed by atoms with van der Waals surface area (Å²) in [5, 5.41) is 10.6. The van der Waals surface area contributed by atoms with Crippen LogP contribution in [0.3, 0.4) is 0 Å². The number of anilines is 1. The van der Waals surface area contributed by atoms with Crippen LogP contribution in [-0.2, 0) is 19.4 Å². The van der Waals surface area contributed by atoms with Gasteiger partial charge in [0.15, 0.2) is 0 Å². The molecule has 0 saturated carbocycles. The summed E-state index contributed by atoms with van der Waals surface area (Å²) in [6, 6.07) is 12.3. The number of aromatic amines is 1. The number of pyridine rings is 1. The molecule has 0 atom stereocenters. The average molecular weight is 433 g/mol. The number of hydrogen-bond acceptors (Lipinski definition) is 3. The van der Waals surface area contributed by atoms with Crippen molar-refractivity contribution in [3.8, 4) is 22.9 Å². The van der Waals surface area contributed by atoms with Gasteiger partial charge in [-0.2, -0.15) is 5.26 Å². The lowest BCUT2D eigenvalue weighted by Gasteiger charge is -2.21. The first-order valence-electron chi connectivity index (χ1n) is 10.6. The summed E-state index contributed by atoms with van der Waals surface area (Å²) in [5.41, 5.74) is 15.6. The number of nitriles is 1. The zero-order chi connectivity index (χ0) is 22.1. The van der Waals surface area contributed by atoms with Gasteiger partial charge in [-0.15, -0.1) is 0 Å². The summed E-state index contributed by atoms with van der Waals surface area (Å²) < 4.78 is 6.13. The first kappa shape index (κ1) is 21.2. The number of aryl methyl sites for hydroxylation is 4. The first-order chi connectivity index (χ1) is 14.9. The Hall–Kier alpha value is -3.03. The summed E-state index contributed by atoms with van der Waals surface area (Å²) >= 11 is 6.07. The van der Waals surface area contributed by atoms with Crippen molar-refractivity contribution < 1.29 is 9.72 Å². The third kappa shape index (κ3) is 4.11. The van der Waals surface area contributed by atoms with E-state index in [0.29, 0.717) is 23.0 Å². The maximum absolute atomic E-state index is 9.90. The summed E-state index contributed by atoms with van der Waals surface area (Å²) in [6.07, 6.45) is 4.19. The molecular weight excluding hydrogens is 406 g/mol. The Balaban J connectivity index is 1.79. The molecule has 4 rings (SSSR count). The second kappa shape index (κ2) is 8.61. The highest BCUT2D eigenvalue weighted by molar-refractivity contribution is 6.30.